The van der Waals surface area contributed by atoms with Gasteiger partial charge in [0.15, 0.2) is 6.04 Å². The maximum atomic E-state index is 14.0. The Morgan fingerprint density at radius 2 is 1.63 bits per heavy atom. The number of carbonyl (C=O) groups is 2. The molecule has 0 aliphatic carbocycles. The van der Waals surface area contributed by atoms with Gasteiger partial charge in [-0.15, -0.1) is 0 Å². The van der Waals surface area contributed by atoms with Crippen LogP contribution in [0, 0.1) is 5.82 Å². The Morgan fingerprint density at radius 3 is 2.30 bits per heavy atom. The van der Waals surface area contributed by atoms with Crippen LogP contribution in [0.15, 0.2) is 53.4 Å². The monoisotopic (exact) mass is 452 g/mol. The molecule has 2 aromatic rings. The Bertz CT molecular complexity index is 1100. The van der Waals surface area contributed by atoms with Crippen LogP contribution < -0.4 is 9.80 Å². The largest absolute Gasteiger partial charge is 0.322 e. The van der Waals surface area contributed by atoms with Gasteiger partial charge >= 0.3 is 0 Å². The number of amides is 2. The van der Waals surface area contributed by atoms with Gasteiger partial charge < -0.3 is 4.90 Å². The molecule has 2 saturated heterocycles. The first-order valence-corrected chi connectivity index (χ1v) is 11.3. The molecule has 2 heterocycles. The number of anilines is 1. The number of hydrogen-bond acceptors (Lipinski definition) is 4. The summed E-state index contributed by atoms with van der Waals surface area (Å²) in [5.74, 6) is -1.46. The van der Waals surface area contributed by atoms with Crippen LogP contribution in [-0.2, 0) is 19.6 Å². The first kappa shape index (κ1) is 20.9. The van der Waals surface area contributed by atoms with Gasteiger partial charge in [0.25, 0.3) is 5.91 Å². The smallest absolute Gasteiger partial charge is 0.292 e. The molecule has 2 aliphatic rings. The lowest BCUT2D eigenvalue weighted by molar-refractivity contribution is -0.918. The molecule has 1 N–H and O–H groups in total. The zero-order chi connectivity index (χ0) is 21.5. The number of nitrogens with one attached hydrogen (secondary N) is 1. The van der Waals surface area contributed by atoms with Crippen molar-refractivity contribution in [3.05, 3.63) is 59.4 Å². The van der Waals surface area contributed by atoms with E-state index in [0.717, 1.165) is 15.9 Å². The summed E-state index contributed by atoms with van der Waals surface area (Å²) in [4.78, 5) is 27.1. The van der Waals surface area contributed by atoms with Gasteiger partial charge in [-0.2, -0.15) is 4.31 Å². The van der Waals surface area contributed by atoms with E-state index >= 15 is 0 Å². The first-order valence-electron chi connectivity index (χ1n) is 9.51. The van der Waals surface area contributed by atoms with Crippen molar-refractivity contribution >= 4 is 39.1 Å². The molecular weight excluding hydrogens is 433 g/mol. The summed E-state index contributed by atoms with van der Waals surface area (Å²) in [6, 6.07) is 11.3. The molecule has 4 rings (SSSR count). The van der Waals surface area contributed by atoms with Gasteiger partial charge in [-0.25, -0.2) is 17.7 Å². The molecule has 2 fully saturated rings. The number of imide groups is 1. The Balaban J connectivity index is 1.47. The summed E-state index contributed by atoms with van der Waals surface area (Å²) in [6.45, 7) is 0.952. The van der Waals surface area contributed by atoms with Crippen LogP contribution in [0.4, 0.5) is 10.1 Å². The van der Waals surface area contributed by atoms with Gasteiger partial charge in [-0.3, -0.25) is 9.59 Å². The SMILES string of the molecule is O=C1C[C@H]([NH+]2CCN(S(=O)(=O)c3ccccc3F)CC2)C(=O)N1c1ccccc1Cl. The molecule has 0 spiro atoms. The molecule has 0 saturated carbocycles. The van der Waals surface area contributed by atoms with E-state index in [1.165, 1.54) is 22.5 Å². The van der Waals surface area contributed by atoms with Crippen LogP contribution in [0.3, 0.4) is 0 Å². The van der Waals surface area contributed by atoms with E-state index in [9.17, 15) is 22.4 Å². The second-order valence-electron chi connectivity index (χ2n) is 7.27. The molecular formula is C20H20ClFN3O4S+. The minimum Gasteiger partial charge on any atom is -0.322 e. The predicted molar refractivity (Wildman–Crippen MR) is 108 cm³/mol. The fourth-order valence-corrected chi connectivity index (χ4v) is 5.72. The molecule has 10 heteroatoms. The Morgan fingerprint density at radius 1 is 1.00 bits per heavy atom. The van der Waals surface area contributed by atoms with Crippen LogP contribution in [0.2, 0.25) is 5.02 Å². The lowest BCUT2D eigenvalue weighted by Crippen LogP contribution is -3.19. The Hall–Kier alpha value is -2.33. The summed E-state index contributed by atoms with van der Waals surface area (Å²) < 4.78 is 40.7. The third-order valence-electron chi connectivity index (χ3n) is 5.55. The van der Waals surface area contributed by atoms with E-state index in [0.29, 0.717) is 23.8 Å². The zero-order valence-electron chi connectivity index (χ0n) is 15.9. The van der Waals surface area contributed by atoms with E-state index in [4.69, 9.17) is 11.6 Å². The van der Waals surface area contributed by atoms with Crippen molar-refractivity contribution in [1.29, 1.82) is 0 Å². The summed E-state index contributed by atoms with van der Waals surface area (Å²) in [7, 11) is -3.96. The van der Waals surface area contributed by atoms with Gasteiger partial charge in [0.1, 0.15) is 10.7 Å². The van der Waals surface area contributed by atoms with Crippen molar-refractivity contribution in [2.45, 2.75) is 17.4 Å². The number of para-hydroxylation sites is 1. The fourth-order valence-electron chi connectivity index (χ4n) is 3.99. The molecule has 2 aromatic carbocycles. The number of sulfonamides is 1. The topological polar surface area (TPSA) is 79.2 Å². The highest BCUT2D eigenvalue weighted by molar-refractivity contribution is 7.89. The molecule has 0 aromatic heterocycles. The molecule has 158 valence electrons. The first-order chi connectivity index (χ1) is 14.3. The normalized spacial score (nSPS) is 21.4. The number of nitrogens with zero attached hydrogens (tertiary/aromatic N) is 2. The highest BCUT2D eigenvalue weighted by Crippen LogP contribution is 2.29. The maximum Gasteiger partial charge on any atom is 0.292 e. The lowest BCUT2D eigenvalue weighted by atomic mass is 10.2. The quantitative estimate of drug-likeness (QED) is 0.693. The number of rotatable bonds is 4. The molecule has 1 atom stereocenters. The average molecular weight is 453 g/mol. The minimum atomic E-state index is -3.96. The van der Waals surface area contributed by atoms with Crippen molar-refractivity contribution in [2.75, 3.05) is 31.1 Å². The van der Waals surface area contributed by atoms with Gasteiger partial charge in [-0.1, -0.05) is 35.9 Å². The number of halogens is 2. The van der Waals surface area contributed by atoms with Crippen molar-refractivity contribution in [1.82, 2.24) is 4.31 Å². The van der Waals surface area contributed by atoms with E-state index < -0.39 is 21.9 Å². The third-order valence-corrected chi connectivity index (χ3v) is 7.80. The number of hydrogen-bond donors (Lipinski definition) is 1. The van der Waals surface area contributed by atoms with E-state index in [1.807, 2.05) is 0 Å². The Labute approximate surface area is 178 Å². The van der Waals surface area contributed by atoms with E-state index in [2.05, 4.69) is 0 Å². The molecule has 0 unspecified atom stereocenters. The van der Waals surface area contributed by atoms with E-state index in [1.54, 1.807) is 24.3 Å². The number of piperazine rings is 1. The molecule has 2 amide bonds. The van der Waals surface area contributed by atoms with Crippen molar-refractivity contribution in [3.8, 4) is 0 Å². The highest BCUT2D eigenvalue weighted by atomic mass is 35.5. The number of carbonyl (C=O) groups excluding carboxylic acids is 2. The standard InChI is InChI=1S/C20H19ClFN3O4S/c21-14-5-1-3-7-16(14)25-19(26)13-17(20(25)27)23-9-11-24(12-10-23)30(28,29)18-8-4-2-6-15(18)22/h1-8,17H,9-13H2/p+1/t17-/m0/s1. The van der Waals surface area contributed by atoms with Crippen LogP contribution in [0.25, 0.3) is 0 Å². The van der Waals surface area contributed by atoms with Crippen LogP contribution in [-0.4, -0.2) is 56.8 Å². The van der Waals surface area contributed by atoms with Crippen LogP contribution in [0.5, 0.6) is 0 Å². The van der Waals surface area contributed by atoms with Crippen molar-refractivity contribution in [3.63, 3.8) is 0 Å². The molecule has 0 bridgehead atoms. The lowest BCUT2D eigenvalue weighted by Gasteiger charge is -2.33. The van der Waals surface area contributed by atoms with Crippen molar-refractivity contribution < 1.29 is 27.3 Å². The second kappa shape index (κ2) is 8.07. The zero-order valence-corrected chi connectivity index (χ0v) is 17.5. The summed E-state index contributed by atoms with van der Waals surface area (Å²) >= 11 is 6.15. The van der Waals surface area contributed by atoms with Gasteiger partial charge in [0, 0.05) is 0 Å². The molecule has 0 radical (unpaired) electrons. The van der Waals surface area contributed by atoms with Crippen molar-refractivity contribution in [2.24, 2.45) is 0 Å². The molecule has 7 nitrogen and oxygen atoms in total. The van der Waals surface area contributed by atoms with Gasteiger partial charge in [-0.05, 0) is 24.3 Å². The third kappa shape index (κ3) is 3.62. The molecule has 2 aliphatic heterocycles. The average Bonchev–Trinajstić information content (AvgIpc) is 3.03. The van der Waals surface area contributed by atoms with Crippen LogP contribution in [0.1, 0.15) is 6.42 Å². The highest BCUT2D eigenvalue weighted by Gasteiger charge is 2.47. The summed E-state index contributed by atoms with van der Waals surface area (Å²) in [6.07, 6.45) is 0.0411. The Kier molecular flexibility index (Phi) is 5.63. The second-order valence-corrected chi connectivity index (χ2v) is 9.58. The van der Waals surface area contributed by atoms with Gasteiger partial charge in [0.05, 0.1) is 43.3 Å². The van der Waals surface area contributed by atoms with Crippen LogP contribution >= 0.6 is 11.6 Å². The fraction of sp³-hybridized carbons (Fsp3) is 0.300. The van der Waals surface area contributed by atoms with E-state index in [-0.39, 0.29) is 36.2 Å². The predicted octanol–water partition coefficient (Wildman–Crippen LogP) is 0.700. The summed E-state index contributed by atoms with van der Waals surface area (Å²) in [5, 5.41) is 0.315. The number of quaternary nitrogens is 1. The maximum absolute atomic E-state index is 14.0. The van der Waals surface area contributed by atoms with Gasteiger partial charge in [0.2, 0.25) is 15.9 Å². The minimum absolute atomic E-state index is 0.0411. The number of benzene rings is 2. The summed E-state index contributed by atoms with van der Waals surface area (Å²) in [5.41, 5.74) is 0.358. The molecule has 30 heavy (non-hydrogen) atoms.